The zero-order valence-electron chi connectivity index (χ0n) is 27.3. The van der Waals surface area contributed by atoms with Gasteiger partial charge in [0.2, 0.25) is 0 Å². The second-order valence-corrected chi connectivity index (χ2v) is 13.2. The molecule has 0 fully saturated rings. The summed E-state index contributed by atoms with van der Waals surface area (Å²) >= 11 is 0. The molecule has 1 unspecified atom stereocenters. The summed E-state index contributed by atoms with van der Waals surface area (Å²) in [7, 11) is 1.59. The molecule has 5 rings (SSSR count). The average Bonchev–Trinajstić information content (AvgIpc) is 3.05. The van der Waals surface area contributed by atoms with Crippen LogP contribution in [0.3, 0.4) is 0 Å². The molecule has 5 aromatic rings. The molecule has 11 nitrogen and oxygen atoms in total. The van der Waals surface area contributed by atoms with Crippen molar-refractivity contribution in [2.24, 2.45) is 0 Å². The van der Waals surface area contributed by atoms with E-state index in [1.54, 1.807) is 42.8 Å². The number of fused-ring (bicyclic) bond motifs is 1. The largest absolute Gasteiger partial charge is 0.497 e. The highest BCUT2D eigenvalue weighted by Crippen LogP contribution is 2.38. The second kappa shape index (κ2) is 14.0. The smallest absolute Gasteiger partial charge is 0.335 e. The summed E-state index contributed by atoms with van der Waals surface area (Å²) in [5.41, 5.74) is 2.15. The number of methoxy groups -OCH3 is 2. The van der Waals surface area contributed by atoms with Gasteiger partial charge in [-0.05, 0) is 53.4 Å². The number of amides is 2. The lowest BCUT2D eigenvalue weighted by molar-refractivity contribution is 0.0696. The van der Waals surface area contributed by atoms with Gasteiger partial charge in [-0.3, -0.25) is 4.21 Å². The number of rotatable bonds is 10. The Kier molecular flexibility index (Phi) is 9.85. The number of aromatic nitrogens is 1. The fourth-order valence-electron chi connectivity index (χ4n) is 5.03. The highest BCUT2D eigenvalue weighted by Gasteiger charge is 2.22. The number of hydrogen-bond donors (Lipinski definition) is 4. The summed E-state index contributed by atoms with van der Waals surface area (Å²) in [6.07, 6.45) is 3.14. The first kappa shape index (κ1) is 33.7. The van der Waals surface area contributed by atoms with E-state index in [-0.39, 0.29) is 11.0 Å². The van der Waals surface area contributed by atoms with Gasteiger partial charge in [0.05, 0.1) is 46.9 Å². The van der Waals surface area contributed by atoms with Crippen molar-refractivity contribution in [2.75, 3.05) is 36.4 Å². The predicted molar refractivity (Wildman–Crippen MR) is 188 cm³/mol. The van der Waals surface area contributed by atoms with Crippen LogP contribution in [0.1, 0.15) is 36.7 Å². The molecule has 0 aliphatic carbocycles. The third kappa shape index (κ3) is 7.67. The maximum atomic E-state index is 13.4. The Balaban J connectivity index is 1.39. The van der Waals surface area contributed by atoms with Crippen molar-refractivity contribution in [3.05, 3.63) is 96.2 Å². The first-order valence-electron chi connectivity index (χ1n) is 14.8. The van der Waals surface area contributed by atoms with E-state index in [1.165, 1.54) is 26.4 Å². The molecule has 0 saturated heterocycles. The molecule has 0 radical (unpaired) electrons. The molecule has 0 aliphatic rings. The molecule has 248 valence electrons. The van der Waals surface area contributed by atoms with E-state index >= 15 is 0 Å². The lowest BCUT2D eigenvalue weighted by Crippen LogP contribution is -2.21. The molecule has 0 aliphatic heterocycles. The monoisotopic (exact) mass is 668 g/mol. The summed E-state index contributed by atoms with van der Waals surface area (Å²) in [6, 6.07) is 22.1. The Labute approximate surface area is 280 Å². The average molecular weight is 669 g/mol. The van der Waals surface area contributed by atoms with E-state index in [0.717, 1.165) is 16.3 Å². The molecule has 0 saturated carbocycles. The third-order valence-corrected chi connectivity index (χ3v) is 8.36. The van der Waals surface area contributed by atoms with E-state index in [2.05, 4.69) is 20.9 Å². The quantitative estimate of drug-likeness (QED) is 0.116. The minimum absolute atomic E-state index is 0.0674. The van der Waals surface area contributed by atoms with Crippen molar-refractivity contribution in [3.63, 3.8) is 0 Å². The number of hydrogen-bond acceptors (Lipinski definition) is 8. The first-order valence-corrected chi connectivity index (χ1v) is 16.4. The van der Waals surface area contributed by atoms with Gasteiger partial charge in [-0.2, -0.15) is 0 Å². The van der Waals surface area contributed by atoms with Crippen LogP contribution < -0.4 is 30.2 Å². The molecular formula is C36H36N4O7S. The lowest BCUT2D eigenvalue weighted by atomic mass is 9.86. The number of nitrogens with zero attached hydrogens (tertiary/aromatic N) is 1. The van der Waals surface area contributed by atoms with Gasteiger partial charge in [0.25, 0.3) is 0 Å². The molecule has 2 amide bonds. The summed E-state index contributed by atoms with van der Waals surface area (Å²) in [4.78, 5) is 29.7. The maximum absolute atomic E-state index is 13.4. The molecule has 0 bridgehead atoms. The number of carbonyl (C=O) groups excluding carboxylic acids is 1. The van der Waals surface area contributed by atoms with Crippen LogP contribution in [-0.2, 0) is 16.2 Å². The Morgan fingerprint density at radius 2 is 1.56 bits per heavy atom. The van der Waals surface area contributed by atoms with E-state index in [0.29, 0.717) is 50.8 Å². The fraction of sp³-hybridized carbons (Fsp3) is 0.194. The Morgan fingerprint density at radius 3 is 2.23 bits per heavy atom. The van der Waals surface area contributed by atoms with E-state index in [4.69, 9.17) is 14.2 Å². The van der Waals surface area contributed by atoms with Gasteiger partial charge in [0.1, 0.15) is 23.1 Å². The van der Waals surface area contributed by atoms with Crippen LogP contribution in [0.25, 0.3) is 10.8 Å². The van der Waals surface area contributed by atoms with Crippen molar-refractivity contribution in [1.82, 2.24) is 4.98 Å². The summed E-state index contributed by atoms with van der Waals surface area (Å²) in [5.74, 6) is 1.09. The van der Waals surface area contributed by atoms with E-state index < -0.39 is 22.8 Å². The number of anilines is 4. The zero-order valence-corrected chi connectivity index (χ0v) is 28.2. The van der Waals surface area contributed by atoms with Crippen LogP contribution in [0.15, 0.2) is 90.0 Å². The highest BCUT2D eigenvalue weighted by atomic mass is 32.2. The molecule has 4 aromatic carbocycles. The molecular weight excluding hydrogens is 632 g/mol. The fourth-order valence-corrected chi connectivity index (χ4v) is 5.78. The number of benzene rings is 4. The van der Waals surface area contributed by atoms with Gasteiger partial charge in [0, 0.05) is 41.0 Å². The topological polar surface area (TPSA) is 148 Å². The van der Waals surface area contributed by atoms with Gasteiger partial charge in [-0.1, -0.05) is 45.0 Å². The van der Waals surface area contributed by atoms with Gasteiger partial charge < -0.3 is 35.3 Å². The van der Waals surface area contributed by atoms with Crippen molar-refractivity contribution in [2.45, 2.75) is 31.1 Å². The zero-order chi connectivity index (χ0) is 34.6. The van der Waals surface area contributed by atoms with Crippen LogP contribution in [0, 0.1) is 0 Å². The van der Waals surface area contributed by atoms with Crippen molar-refractivity contribution >= 4 is 56.5 Å². The SMILES string of the molecule is COc1cc(Nc2cc(Oc3ccc(NC(=O)Nc4cc(C(C)(C)C)cc(S(C)=O)c4OC)c4ccccc34)ccn2)cc(C(=O)O)c1. The summed E-state index contributed by atoms with van der Waals surface area (Å²) in [5, 5.41) is 19.9. The van der Waals surface area contributed by atoms with Gasteiger partial charge in [-0.25, -0.2) is 14.6 Å². The second-order valence-electron chi connectivity index (χ2n) is 11.9. The molecule has 12 heteroatoms. The maximum Gasteiger partial charge on any atom is 0.335 e. The standard InChI is InChI=1S/C36H36N4O7S/c1-36(2,3)22-17-29(33(46-5)31(18-22)48(6)44)40-35(43)39-28-11-12-30(27-10-8-7-9-26(27)28)47-24-13-14-37-32(20-24)38-23-15-21(34(41)42)16-25(19-23)45-4/h7-20H,1-6H3,(H,37,38)(H,41,42)(H2,39,40,43). The first-order chi connectivity index (χ1) is 22.9. The molecule has 4 N–H and O–H groups in total. The number of nitrogens with one attached hydrogen (secondary N) is 3. The summed E-state index contributed by atoms with van der Waals surface area (Å²) in [6.45, 7) is 6.12. The van der Waals surface area contributed by atoms with Crippen LogP contribution in [0.5, 0.6) is 23.0 Å². The Hall–Kier alpha value is -5.62. The Morgan fingerprint density at radius 1 is 0.833 bits per heavy atom. The number of carboxylic acids is 1. The van der Waals surface area contributed by atoms with Crippen molar-refractivity contribution in [1.29, 1.82) is 0 Å². The van der Waals surface area contributed by atoms with E-state index in [1.807, 2.05) is 57.2 Å². The van der Waals surface area contributed by atoms with Crippen LogP contribution in [-0.4, -0.2) is 46.8 Å². The minimum Gasteiger partial charge on any atom is -0.497 e. The number of carboxylic acid groups (broad SMARTS) is 1. The summed E-state index contributed by atoms with van der Waals surface area (Å²) < 4.78 is 29.6. The molecule has 1 atom stereocenters. The van der Waals surface area contributed by atoms with E-state index in [9.17, 15) is 18.9 Å². The van der Waals surface area contributed by atoms with Crippen molar-refractivity contribution in [3.8, 4) is 23.0 Å². The molecule has 1 heterocycles. The number of ether oxygens (including phenoxy) is 3. The van der Waals surface area contributed by atoms with Crippen LogP contribution >= 0.6 is 0 Å². The highest BCUT2D eigenvalue weighted by molar-refractivity contribution is 7.84. The number of pyridine rings is 1. The van der Waals surface area contributed by atoms with Crippen LogP contribution in [0.4, 0.5) is 27.7 Å². The number of aromatic carboxylic acids is 1. The minimum atomic E-state index is -1.35. The van der Waals surface area contributed by atoms with Gasteiger partial charge in [0.15, 0.2) is 5.75 Å². The molecule has 48 heavy (non-hydrogen) atoms. The van der Waals surface area contributed by atoms with Crippen molar-refractivity contribution < 1.29 is 33.1 Å². The Bertz CT molecular complexity index is 2040. The number of urea groups is 1. The van der Waals surface area contributed by atoms with Gasteiger partial charge in [-0.15, -0.1) is 0 Å². The third-order valence-electron chi connectivity index (χ3n) is 7.44. The molecule has 0 spiro atoms. The number of carbonyl (C=O) groups is 2. The van der Waals surface area contributed by atoms with Gasteiger partial charge >= 0.3 is 12.0 Å². The normalized spacial score (nSPS) is 11.8. The lowest BCUT2D eigenvalue weighted by Gasteiger charge is -2.23. The molecule has 1 aromatic heterocycles. The predicted octanol–water partition coefficient (Wildman–Crippen LogP) is 8.17. The van der Waals surface area contributed by atoms with Crippen LogP contribution in [0.2, 0.25) is 0 Å².